The van der Waals surface area contributed by atoms with Gasteiger partial charge in [0.05, 0.1) is 0 Å². The number of amides is 1. The minimum atomic E-state index is -0.271. The van der Waals surface area contributed by atoms with Gasteiger partial charge in [-0.1, -0.05) is 36.3 Å². The summed E-state index contributed by atoms with van der Waals surface area (Å²) in [4.78, 5) is 14.7. The Hall–Kier alpha value is -1.82. The number of nitrogens with zero attached hydrogens (tertiary/aromatic N) is 3. The quantitative estimate of drug-likeness (QED) is 0.823. The molecule has 1 amide bonds. The highest BCUT2D eigenvalue weighted by Crippen LogP contribution is 2.35. The zero-order valence-corrected chi connectivity index (χ0v) is 15.0. The monoisotopic (exact) mass is 359 g/mol. The molecule has 6 heteroatoms. The average molecular weight is 359 g/mol. The van der Waals surface area contributed by atoms with Crippen LogP contribution in [0.4, 0.5) is 4.39 Å². The van der Waals surface area contributed by atoms with Gasteiger partial charge in [-0.2, -0.15) is 0 Å². The lowest BCUT2D eigenvalue weighted by molar-refractivity contribution is -0.136. The molecule has 2 aliphatic rings. The van der Waals surface area contributed by atoms with Crippen LogP contribution in [0.2, 0.25) is 0 Å². The molecule has 0 spiro atoms. The first-order valence-electron chi connectivity index (χ1n) is 9.09. The molecule has 4 rings (SSSR count). The van der Waals surface area contributed by atoms with Crippen molar-refractivity contribution in [1.29, 1.82) is 0 Å². The lowest BCUT2D eigenvalue weighted by Gasteiger charge is -2.33. The fraction of sp³-hybridized carbons (Fsp3) is 0.526. The zero-order valence-electron chi connectivity index (χ0n) is 14.2. The fourth-order valence-electron chi connectivity index (χ4n) is 3.95. The predicted molar refractivity (Wildman–Crippen MR) is 95.8 cm³/mol. The van der Waals surface area contributed by atoms with Gasteiger partial charge in [0, 0.05) is 30.5 Å². The Kier molecular flexibility index (Phi) is 4.79. The van der Waals surface area contributed by atoms with Gasteiger partial charge in [0.1, 0.15) is 10.8 Å². The number of likely N-dealkylation sites (tertiary alicyclic amines) is 1. The number of halogens is 1. The molecule has 1 aromatic carbocycles. The van der Waals surface area contributed by atoms with E-state index in [2.05, 4.69) is 10.2 Å². The molecular weight excluding hydrogens is 337 g/mol. The van der Waals surface area contributed by atoms with Crippen molar-refractivity contribution in [2.75, 3.05) is 13.1 Å². The number of carbonyl (C=O) groups excluding carboxylic acids is 1. The Labute approximate surface area is 151 Å². The molecule has 2 fully saturated rings. The predicted octanol–water partition coefficient (Wildman–Crippen LogP) is 4.24. The Morgan fingerprint density at radius 3 is 2.72 bits per heavy atom. The molecule has 1 saturated heterocycles. The van der Waals surface area contributed by atoms with E-state index in [-0.39, 0.29) is 17.7 Å². The molecule has 0 radical (unpaired) electrons. The van der Waals surface area contributed by atoms with Crippen molar-refractivity contribution in [2.45, 2.75) is 44.4 Å². The Morgan fingerprint density at radius 1 is 1.12 bits per heavy atom. The van der Waals surface area contributed by atoms with E-state index >= 15 is 0 Å². The minimum Gasteiger partial charge on any atom is -0.342 e. The van der Waals surface area contributed by atoms with Crippen molar-refractivity contribution in [2.24, 2.45) is 5.92 Å². The lowest BCUT2D eigenvalue weighted by atomic mass is 9.96. The van der Waals surface area contributed by atoms with Crippen LogP contribution in [0, 0.1) is 11.7 Å². The van der Waals surface area contributed by atoms with E-state index in [0.717, 1.165) is 43.8 Å². The van der Waals surface area contributed by atoms with E-state index in [1.54, 1.807) is 12.1 Å². The molecule has 0 N–H and O–H groups in total. The minimum absolute atomic E-state index is 0.220. The van der Waals surface area contributed by atoms with Crippen LogP contribution in [0.1, 0.15) is 49.5 Å². The van der Waals surface area contributed by atoms with Crippen LogP contribution in [0.3, 0.4) is 0 Å². The van der Waals surface area contributed by atoms with Gasteiger partial charge in [-0.25, -0.2) is 4.39 Å². The van der Waals surface area contributed by atoms with Gasteiger partial charge in [-0.15, -0.1) is 10.2 Å². The van der Waals surface area contributed by atoms with E-state index in [9.17, 15) is 9.18 Å². The molecule has 2 heterocycles. The first-order chi connectivity index (χ1) is 12.2. The Balaban J connectivity index is 1.48. The molecule has 1 aromatic heterocycles. The molecule has 25 heavy (non-hydrogen) atoms. The molecule has 1 aliphatic carbocycles. The van der Waals surface area contributed by atoms with Crippen LogP contribution in [-0.4, -0.2) is 34.1 Å². The van der Waals surface area contributed by atoms with Crippen LogP contribution >= 0.6 is 11.3 Å². The molecular formula is C19H22FN3OS. The number of benzene rings is 1. The van der Waals surface area contributed by atoms with E-state index < -0.39 is 0 Å². The Bertz CT molecular complexity index is 757. The third-order valence-corrected chi connectivity index (χ3v) is 6.45. The second-order valence-corrected chi connectivity index (χ2v) is 8.04. The highest BCUT2D eigenvalue weighted by Gasteiger charge is 2.32. The van der Waals surface area contributed by atoms with Crippen molar-refractivity contribution in [3.05, 3.63) is 35.1 Å². The van der Waals surface area contributed by atoms with Crippen LogP contribution in [0.15, 0.2) is 24.3 Å². The molecule has 1 aliphatic heterocycles. The third-order valence-electron chi connectivity index (χ3n) is 5.33. The van der Waals surface area contributed by atoms with Crippen LogP contribution < -0.4 is 0 Å². The summed E-state index contributed by atoms with van der Waals surface area (Å²) >= 11 is 1.45. The number of rotatable bonds is 3. The fourth-order valence-corrected chi connectivity index (χ4v) is 4.95. The smallest absolute Gasteiger partial charge is 0.225 e. The van der Waals surface area contributed by atoms with Crippen molar-refractivity contribution in [1.82, 2.24) is 15.1 Å². The maximum atomic E-state index is 14.0. The van der Waals surface area contributed by atoms with Crippen molar-refractivity contribution in [3.8, 4) is 10.6 Å². The van der Waals surface area contributed by atoms with Gasteiger partial charge in [0.25, 0.3) is 0 Å². The second kappa shape index (κ2) is 7.20. The second-order valence-electron chi connectivity index (χ2n) is 7.03. The number of piperidine rings is 1. The summed E-state index contributed by atoms with van der Waals surface area (Å²) in [7, 11) is 0. The summed E-state index contributed by atoms with van der Waals surface area (Å²) in [6.45, 7) is 1.58. The molecule has 0 unspecified atom stereocenters. The highest BCUT2D eigenvalue weighted by atomic mass is 32.1. The first kappa shape index (κ1) is 16.6. The van der Waals surface area contributed by atoms with Crippen molar-refractivity contribution in [3.63, 3.8) is 0 Å². The zero-order chi connectivity index (χ0) is 17.2. The number of carbonyl (C=O) groups is 1. The normalized spacial score (nSPS) is 21.6. The third kappa shape index (κ3) is 3.45. The van der Waals surface area contributed by atoms with Gasteiger partial charge >= 0.3 is 0 Å². The lowest BCUT2D eigenvalue weighted by Crippen LogP contribution is -2.41. The first-order valence-corrected chi connectivity index (χ1v) is 9.91. The van der Waals surface area contributed by atoms with E-state index in [0.29, 0.717) is 16.5 Å². The summed E-state index contributed by atoms with van der Waals surface area (Å²) in [5.41, 5.74) is 0.501. The van der Waals surface area contributed by atoms with Gasteiger partial charge < -0.3 is 4.90 Å². The maximum Gasteiger partial charge on any atom is 0.225 e. The van der Waals surface area contributed by atoms with Crippen LogP contribution in [0.5, 0.6) is 0 Å². The maximum absolute atomic E-state index is 14.0. The SMILES string of the molecule is O=C(C1CCCC1)N1CCC[C@H](c2nnc(-c3ccccc3F)s2)C1. The summed E-state index contributed by atoms with van der Waals surface area (Å²) in [6.07, 6.45) is 6.44. The number of aromatic nitrogens is 2. The van der Waals surface area contributed by atoms with Crippen molar-refractivity contribution < 1.29 is 9.18 Å². The molecule has 1 atom stereocenters. The molecule has 132 valence electrons. The van der Waals surface area contributed by atoms with Gasteiger partial charge in [0.2, 0.25) is 5.91 Å². The van der Waals surface area contributed by atoms with Crippen molar-refractivity contribution >= 4 is 17.2 Å². The number of hydrogen-bond acceptors (Lipinski definition) is 4. The summed E-state index contributed by atoms with van der Waals surface area (Å²) in [5, 5.41) is 10.0. The largest absolute Gasteiger partial charge is 0.342 e. The summed E-state index contributed by atoms with van der Waals surface area (Å²) < 4.78 is 14.0. The van der Waals surface area contributed by atoms with Crippen LogP contribution in [-0.2, 0) is 4.79 Å². The van der Waals surface area contributed by atoms with Crippen LogP contribution in [0.25, 0.3) is 10.6 Å². The van der Waals surface area contributed by atoms with E-state index in [4.69, 9.17) is 0 Å². The summed E-state index contributed by atoms with van der Waals surface area (Å²) in [5.74, 6) is 0.493. The molecule has 0 bridgehead atoms. The van der Waals surface area contributed by atoms with Gasteiger partial charge in [-0.3, -0.25) is 4.79 Å². The van der Waals surface area contributed by atoms with Gasteiger partial charge in [0.15, 0.2) is 5.01 Å². The van der Waals surface area contributed by atoms with E-state index in [1.165, 1.54) is 30.2 Å². The number of hydrogen-bond donors (Lipinski definition) is 0. The molecule has 1 saturated carbocycles. The highest BCUT2D eigenvalue weighted by molar-refractivity contribution is 7.14. The standard InChI is InChI=1S/C19H22FN3OS/c20-16-10-4-3-9-15(16)18-22-21-17(25-18)14-8-5-11-23(12-14)19(24)13-6-1-2-7-13/h3-4,9-10,13-14H,1-2,5-8,11-12H2/t14-/m0/s1. The average Bonchev–Trinajstić information content (AvgIpc) is 3.34. The van der Waals surface area contributed by atoms with E-state index in [1.807, 2.05) is 11.0 Å². The topological polar surface area (TPSA) is 46.1 Å². The molecule has 2 aromatic rings. The summed E-state index contributed by atoms with van der Waals surface area (Å²) in [6, 6.07) is 6.66. The Morgan fingerprint density at radius 2 is 1.92 bits per heavy atom. The molecule has 4 nitrogen and oxygen atoms in total. The van der Waals surface area contributed by atoms with Gasteiger partial charge in [-0.05, 0) is 37.8 Å².